The van der Waals surface area contributed by atoms with Gasteiger partial charge in [-0.25, -0.2) is 0 Å². The lowest BCUT2D eigenvalue weighted by atomic mass is 9.84. The largest absolute Gasteiger partial charge is 0.481 e. The van der Waals surface area contributed by atoms with Gasteiger partial charge in [0.2, 0.25) is 11.8 Å². The van der Waals surface area contributed by atoms with Crippen LogP contribution in [0.5, 0.6) is 0 Å². The minimum atomic E-state index is -0.778. The number of carbonyl (C=O) groups excluding carboxylic acids is 2. The van der Waals surface area contributed by atoms with Gasteiger partial charge in [0.25, 0.3) is 0 Å². The van der Waals surface area contributed by atoms with Crippen LogP contribution in [0, 0.1) is 17.8 Å². The molecule has 2 unspecified atom stereocenters. The van der Waals surface area contributed by atoms with E-state index >= 15 is 0 Å². The van der Waals surface area contributed by atoms with Crippen LogP contribution in [0.3, 0.4) is 0 Å². The van der Waals surface area contributed by atoms with Gasteiger partial charge in [-0.1, -0.05) is 0 Å². The van der Waals surface area contributed by atoms with Crippen molar-refractivity contribution in [2.45, 2.75) is 38.7 Å². The summed E-state index contributed by atoms with van der Waals surface area (Å²) >= 11 is 0. The number of rotatable bonds is 4. The fourth-order valence-electron chi connectivity index (χ4n) is 4.29. The molecule has 0 radical (unpaired) electrons. The van der Waals surface area contributed by atoms with Crippen LogP contribution in [0.4, 0.5) is 0 Å². The summed E-state index contributed by atoms with van der Waals surface area (Å²) in [5.41, 5.74) is 0. The molecule has 3 fully saturated rings. The second kappa shape index (κ2) is 7.09. The highest BCUT2D eigenvalue weighted by Gasteiger charge is 2.42. The van der Waals surface area contributed by atoms with Crippen LogP contribution in [0.2, 0.25) is 0 Å². The average Bonchev–Trinajstić information content (AvgIpc) is 3.21. The lowest BCUT2D eigenvalue weighted by molar-refractivity contribution is -0.146. The van der Waals surface area contributed by atoms with E-state index in [1.165, 1.54) is 0 Å². The van der Waals surface area contributed by atoms with Crippen molar-refractivity contribution in [2.75, 3.05) is 32.8 Å². The Kier molecular flexibility index (Phi) is 5.08. The van der Waals surface area contributed by atoms with Crippen molar-refractivity contribution in [3.63, 3.8) is 0 Å². The van der Waals surface area contributed by atoms with Crippen LogP contribution in [0.25, 0.3) is 0 Å². The molecule has 0 aromatic rings. The first-order valence-electron chi connectivity index (χ1n) is 8.92. The molecule has 3 saturated heterocycles. The molecule has 134 valence electrons. The summed E-state index contributed by atoms with van der Waals surface area (Å²) in [5.74, 6) is -1.07. The fourth-order valence-corrected chi connectivity index (χ4v) is 4.29. The van der Waals surface area contributed by atoms with E-state index in [0.717, 1.165) is 12.8 Å². The maximum Gasteiger partial charge on any atom is 0.309 e. The Balaban J connectivity index is 1.53. The highest BCUT2D eigenvalue weighted by molar-refractivity contribution is 5.89. The summed E-state index contributed by atoms with van der Waals surface area (Å²) in [4.78, 5) is 39.3. The van der Waals surface area contributed by atoms with Crippen LogP contribution < -0.4 is 0 Å². The Bertz CT molecular complexity index is 515. The second-order valence-corrected chi connectivity index (χ2v) is 7.06. The van der Waals surface area contributed by atoms with Gasteiger partial charge in [-0.2, -0.15) is 0 Å². The van der Waals surface area contributed by atoms with Crippen LogP contribution in [0.1, 0.15) is 32.6 Å². The number of piperidine rings is 1. The van der Waals surface area contributed by atoms with Crippen LogP contribution in [-0.2, 0) is 19.1 Å². The van der Waals surface area contributed by atoms with E-state index in [1.54, 1.807) is 4.90 Å². The Morgan fingerprint density at radius 3 is 2.54 bits per heavy atom. The average molecular weight is 338 g/mol. The molecule has 0 aromatic carbocycles. The van der Waals surface area contributed by atoms with Gasteiger partial charge < -0.3 is 19.6 Å². The Morgan fingerprint density at radius 1 is 1.25 bits per heavy atom. The zero-order valence-electron chi connectivity index (χ0n) is 14.1. The van der Waals surface area contributed by atoms with Gasteiger partial charge in [0.1, 0.15) is 0 Å². The molecule has 2 amide bonds. The first kappa shape index (κ1) is 17.2. The minimum Gasteiger partial charge on any atom is -0.481 e. The number of carboxylic acid groups (broad SMARTS) is 1. The van der Waals surface area contributed by atoms with E-state index in [-0.39, 0.29) is 29.8 Å². The molecule has 0 bridgehead atoms. The second-order valence-electron chi connectivity index (χ2n) is 7.06. The number of ether oxygens (including phenoxy) is 1. The number of hydrogen-bond donors (Lipinski definition) is 1. The number of aliphatic carboxylic acids is 1. The molecular formula is C17H26N2O5. The first-order chi connectivity index (χ1) is 11.5. The third kappa shape index (κ3) is 3.27. The topological polar surface area (TPSA) is 87.2 Å². The summed E-state index contributed by atoms with van der Waals surface area (Å²) < 4.78 is 5.67. The highest BCUT2D eigenvalue weighted by atomic mass is 16.5. The predicted octanol–water partition coefficient (Wildman–Crippen LogP) is 0.583. The molecule has 1 N–H and O–H groups in total. The van der Waals surface area contributed by atoms with Gasteiger partial charge in [-0.05, 0) is 32.1 Å². The third-order valence-electron chi connectivity index (χ3n) is 5.71. The summed E-state index contributed by atoms with van der Waals surface area (Å²) in [6, 6.07) is 0. The smallest absolute Gasteiger partial charge is 0.309 e. The molecule has 0 aromatic heterocycles. The number of carbonyl (C=O) groups is 3. The highest BCUT2D eigenvalue weighted by Crippen LogP contribution is 2.34. The molecular weight excluding hydrogens is 312 g/mol. The van der Waals surface area contributed by atoms with E-state index < -0.39 is 11.9 Å². The molecule has 24 heavy (non-hydrogen) atoms. The van der Waals surface area contributed by atoms with Crippen LogP contribution in [0.15, 0.2) is 0 Å². The number of hydrogen-bond acceptors (Lipinski definition) is 4. The molecule has 3 aliphatic heterocycles. The zero-order chi connectivity index (χ0) is 17.3. The van der Waals surface area contributed by atoms with Crippen LogP contribution >= 0.6 is 0 Å². The SMILES string of the molecule is CCN1CC(C(=O)N2CCC([C@@H]3OCCC3C(=O)O)CC2)CC1=O. The lowest BCUT2D eigenvalue weighted by Crippen LogP contribution is -2.45. The quantitative estimate of drug-likeness (QED) is 0.810. The molecule has 3 heterocycles. The van der Waals surface area contributed by atoms with E-state index in [9.17, 15) is 19.5 Å². The summed E-state index contributed by atoms with van der Waals surface area (Å²) in [6.45, 7) is 4.88. The van der Waals surface area contributed by atoms with Crippen molar-refractivity contribution in [3.05, 3.63) is 0 Å². The summed E-state index contributed by atoms with van der Waals surface area (Å²) in [6.07, 6.45) is 2.23. The maximum atomic E-state index is 12.6. The predicted molar refractivity (Wildman–Crippen MR) is 85.1 cm³/mol. The molecule has 3 rings (SSSR count). The minimum absolute atomic E-state index is 0.0643. The van der Waals surface area contributed by atoms with Crippen molar-refractivity contribution in [1.82, 2.24) is 9.80 Å². The van der Waals surface area contributed by atoms with Crippen molar-refractivity contribution >= 4 is 17.8 Å². The third-order valence-corrected chi connectivity index (χ3v) is 5.71. The van der Waals surface area contributed by atoms with E-state index in [1.807, 2.05) is 11.8 Å². The lowest BCUT2D eigenvalue weighted by Gasteiger charge is -2.36. The summed E-state index contributed by atoms with van der Waals surface area (Å²) in [7, 11) is 0. The Hall–Kier alpha value is -1.63. The molecule has 7 nitrogen and oxygen atoms in total. The Morgan fingerprint density at radius 2 is 1.96 bits per heavy atom. The van der Waals surface area contributed by atoms with Gasteiger partial charge >= 0.3 is 5.97 Å². The fraction of sp³-hybridized carbons (Fsp3) is 0.824. The molecule has 3 atom stereocenters. The standard InChI is InChI=1S/C17H26N2O5/c1-2-18-10-12(9-14(18)20)16(21)19-6-3-11(4-7-19)15-13(17(22)23)5-8-24-15/h11-13,15H,2-10H2,1H3,(H,22,23)/t12?,13?,15-/m0/s1. The number of carboxylic acids is 1. The molecule has 0 saturated carbocycles. The summed E-state index contributed by atoms with van der Waals surface area (Å²) in [5, 5.41) is 9.29. The van der Waals surface area contributed by atoms with Crippen LogP contribution in [-0.4, -0.2) is 71.6 Å². The Labute approximate surface area is 141 Å². The van der Waals surface area contributed by atoms with E-state index in [0.29, 0.717) is 45.6 Å². The van der Waals surface area contributed by atoms with Crippen molar-refractivity contribution in [2.24, 2.45) is 17.8 Å². The number of nitrogens with zero attached hydrogens (tertiary/aromatic N) is 2. The van der Waals surface area contributed by atoms with E-state index in [4.69, 9.17) is 4.74 Å². The normalized spacial score (nSPS) is 31.7. The van der Waals surface area contributed by atoms with E-state index in [2.05, 4.69) is 0 Å². The van der Waals surface area contributed by atoms with Crippen molar-refractivity contribution in [3.8, 4) is 0 Å². The molecule has 0 spiro atoms. The molecule has 0 aliphatic carbocycles. The van der Waals surface area contributed by atoms with Gasteiger partial charge in [0, 0.05) is 39.2 Å². The first-order valence-corrected chi connectivity index (χ1v) is 8.92. The number of amides is 2. The zero-order valence-corrected chi connectivity index (χ0v) is 14.1. The van der Waals surface area contributed by atoms with Gasteiger partial charge in [-0.3, -0.25) is 14.4 Å². The van der Waals surface area contributed by atoms with Gasteiger partial charge in [0.05, 0.1) is 17.9 Å². The van der Waals surface area contributed by atoms with Crippen molar-refractivity contribution < 1.29 is 24.2 Å². The molecule has 7 heteroatoms. The van der Waals surface area contributed by atoms with Gasteiger partial charge in [-0.15, -0.1) is 0 Å². The number of likely N-dealkylation sites (tertiary alicyclic amines) is 2. The van der Waals surface area contributed by atoms with Gasteiger partial charge in [0.15, 0.2) is 0 Å². The molecule has 3 aliphatic rings. The van der Waals surface area contributed by atoms with Crippen molar-refractivity contribution in [1.29, 1.82) is 0 Å². The monoisotopic (exact) mass is 338 g/mol. The maximum absolute atomic E-state index is 12.6.